The zero-order valence-corrected chi connectivity index (χ0v) is 9.95. The van der Waals surface area contributed by atoms with Gasteiger partial charge in [-0.05, 0) is 54.9 Å². The molecule has 1 aromatic rings. The lowest BCUT2D eigenvalue weighted by Gasteiger charge is -2.12. The molecule has 0 bridgehead atoms. The number of rotatable bonds is 3. The van der Waals surface area contributed by atoms with E-state index >= 15 is 0 Å². The highest BCUT2D eigenvalue weighted by Crippen LogP contribution is 2.30. The summed E-state index contributed by atoms with van der Waals surface area (Å²) in [5.41, 5.74) is 3.70. The van der Waals surface area contributed by atoms with E-state index in [-0.39, 0.29) is 12.2 Å². The fourth-order valence-corrected chi connectivity index (χ4v) is 2.56. The molecule has 0 saturated heterocycles. The number of fused-ring (bicyclic) bond motifs is 1. The number of alkyl halides is 1. The van der Waals surface area contributed by atoms with Gasteiger partial charge in [-0.2, -0.15) is 0 Å². The van der Waals surface area contributed by atoms with E-state index in [1.807, 2.05) is 13.0 Å². The minimum absolute atomic E-state index is 0.144. The zero-order valence-electron chi connectivity index (χ0n) is 9.95. The van der Waals surface area contributed by atoms with Crippen molar-refractivity contribution in [2.45, 2.75) is 52.1 Å². The highest BCUT2D eigenvalue weighted by atomic mass is 19.1. The Labute approximate surface area is 95.7 Å². The van der Waals surface area contributed by atoms with Crippen LogP contribution in [0.15, 0.2) is 6.07 Å². The van der Waals surface area contributed by atoms with Gasteiger partial charge in [0.2, 0.25) is 0 Å². The summed E-state index contributed by atoms with van der Waals surface area (Å²) in [6, 6.07) is 1.84. The molecule has 1 aliphatic carbocycles. The van der Waals surface area contributed by atoms with E-state index in [1.54, 1.807) is 6.92 Å². The van der Waals surface area contributed by atoms with Crippen LogP contribution in [-0.2, 0) is 19.3 Å². The maximum Gasteiger partial charge on any atom is 0.129 e. The van der Waals surface area contributed by atoms with E-state index in [9.17, 15) is 8.78 Å². The molecule has 16 heavy (non-hydrogen) atoms. The molecule has 0 aliphatic heterocycles. The summed E-state index contributed by atoms with van der Waals surface area (Å²) in [4.78, 5) is 0. The molecule has 0 heterocycles. The normalized spacial score (nSPS) is 16.2. The molecule has 0 spiro atoms. The van der Waals surface area contributed by atoms with E-state index in [1.165, 1.54) is 0 Å². The van der Waals surface area contributed by atoms with Crippen LogP contribution < -0.4 is 0 Å². The Kier molecular flexibility index (Phi) is 3.27. The van der Waals surface area contributed by atoms with Crippen molar-refractivity contribution >= 4 is 0 Å². The molecule has 2 rings (SSSR count). The number of hydrogen-bond acceptors (Lipinski definition) is 0. The largest absolute Gasteiger partial charge is 0.247 e. The Hall–Kier alpha value is -0.920. The third-order valence-electron chi connectivity index (χ3n) is 3.52. The van der Waals surface area contributed by atoms with Gasteiger partial charge < -0.3 is 0 Å². The molecule has 0 N–H and O–H groups in total. The van der Waals surface area contributed by atoms with Gasteiger partial charge in [0.1, 0.15) is 12.0 Å². The molecule has 0 nitrogen and oxygen atoms in total. The molecule has 2 heteroatoms. The molecule has 0 radical (unpaired) electrons. The van der Waals surface area contributed by atoms with E-state index in [0.717, 1.165) is 36.0 Å². The molecular weight excluding hydrogens is 206 g/mol. The van der Waals surface area contributed by atoms with Crippen LogP contribution in [0.25, 0.3) is 0 Å². The van der Waals surface area contributed by atoms with Crippen molar-refractivity contribution in [3.63, 3.8) is 0 Å². The van der Waals surface area contributed by atoms with Crippen molar-refractivity contribution in [1.29, 1.82) is 0 Å². The minimum Gasteiger partial charge on any atom is -0.247 e. The highest BCUT2D eigenvalue weighted by Gasteiger charge is 2.21. The second-order valence-electron chi connectivity index (χ2n) is 4.69. The summed E-state index contributed by atoms with van der Waals surface area (Å²) in [5, 5.41) is 0. The van der Waals surface area contributed by atoms with Crippen molar-refractivity contribution in [2.75, 3.05) is 0 Å². The molecule has 0 saturated carbocycles. The maximum absolute atomic E-state index is 14.1. The molecule has 88 valence electrons. The average Bonchev–Trinajstić information content (AvgIpc) is 2.74. The molecular formula is C14H18F2. The van der Waals surface area contributed by atoms with Crippen LogP contribution in [-0.4, -0.2) is 6.17 Å². The van der Waals surface area contributed by atoms with Crippen molar-refractivity contribution in [3.8, 4) is 0 Å². The fraction of sp³-hybridized carbons (Fsp3) is 0.571. The van der Waals surface area contributed by atoms with Crippen molar-refractivity contribution in [2.24, 2.45) is 0 Å². The topological polar surface area (TPSA) is 0 Å². The molecule has 1 unspecified atom stereocenters. The van der Waals surface area contributed by atoms with Crippen LogP contribution in [0.1, 0.15) is 42.0 Å². The Morgan fingerprint density at radius 1 is 1.31 bits per heavy atom. The van der Waals surface area contributed by atoms with Crippen LogP contribution in [0.2, 0.25) is 0 Å². The van der Waals surface area contributed by atoms with Crippen molar-refractivity contribution < 1.29 is 8.78 Å². The predicted molar refractivity (Wildman–Crippen MR) is 62.1 cm³/mol. The lowest BCUT2D eigenvalue weighted by atomic mass is 9.96. The Morgan fingerprint density at radius 3 is 2.69 bits per heavy atom. The van der Waals surface area contributed by atoms with E-state index < -0.39 is 6.17 Å². The maximum atomic E-state index is 14.1. The molecule has 0 amide bonds. The van der Waals surface area contributed by atoms with Gasteiger partial charge in [-0.1, -0.05) is 13.0 Å². The number of hydrogen-bond donors (Lipinski definition) is 0. The predicted octanol–water partition coefficient (Wildman–Crippen LogP) is 3.91. The van der Waals surface area contributed by atoms with Crippen LogP contribution in [0.3, 0.4) is 0 Å². The standard InChI is InChI=1S/C14H18F2/c1-3-11(15)8-10-7-9(2)12-5-4-6-13(12)14(10)16/h7,11H,3-6,8H2,1-2H3. The van der Waals surface area contributed by atoms with E-state index in [2.05, 4.69) is 0 Å². The summed E-state index contributed by atoms with van der Waals surface area (Å²) in [6.45, 7) is 3.80. The van der Waals surface area contributed by atoms with Crippen LogP contribution in [0, 0.1) is 12.7 Å². The summed E-state index contributed by atoms with van der Waals surface area (Å²) in [5.74, 6) is -0.144. The Morgan fingerprint density at radius 2 is 2.00 bits per heavy atom. The molecule has 1 atom stereocenters. The summed E-state index contributed by atoms with van der Waals surface area (Å²) in [6.07, 6.45) is 2.58. The smallest absolute Gasteiger partial charge is 0.129 e. The lowest BCUT2D eigenvalue weighted by Crippen LogP contribution is -2.07. The van der Waals surface area contributed by atoms with Gasteiger partial charge in [-0.3, -0.25) is 0 Å². The van der Waals surface area contributed by atoms with Gasteiger partial charge in [0, 0.05) is 6.42 Å². The Balaban J connectivity index is 2.36. The third kappa shape index (κ3) is 1.98. The van der Waals surface area contributed by atoms with Gasteiger partial charge in [0.25, 0.3) is 0 Å². The summed E-state index contributed by atoms with van der Waals surface area (Å²) >= 11 is 0. The van der Waals surface area contributed by atoms with Crippen LogP contribution >= 0.6 is 0 Å². The number of aryl methyl sites for hydroxylation is 1. The molecule has 1 aromatic carbocycles. The SMILES string of the molecule is CCC(F)Cc1cc(C)c2c(c1F)CCC2. The minimum atomic E-state index is -0.923. The van der Waals surface area contributed by atoms with Gasteiger partial charge in [0.05, 0.1) is 0 Å². The van der Waals surface area contributed by atoms with Crippen molar-refractivity contribution in [1.82, 2.24) is 0 Å². The van der Waals surface area contributed by atoms with E-state index in [4.69, 9.17) is 0 Å². The molecule has 1 aliphatic rings. The summed E-state index contributed by atoms with van der Waals surface area (Å²) < 4.78 is 27.4. The quantitative estimate of drug-likeness (QED) is 0.730. The second-order valence-corrected chi connectivity index (χ2v) is 4.69. The first-order valence-corrected chi connectivity index (χ1v) is 6.07. The third-order valence-corrected chi connectivity index (χ3v) is 3.52. The lowest BCUT2D eigenvalue weighted by molar-refractivity contribution is 0.319. The number of halogens is 2. The zero-order chi connectivity index (χ0) is 11.7. The highest BCUT2D eigenvalue weighted by molar-refractivity contribution is 5.43. The van der Waals surface area contributed by atoms with Gasteiger partial charge in [-0.25, -0.2) is 8.78 Å². The molecule has 0 aromatic heterocycles. The van der Waals surface area contributed by atoms with Gasteiger partial charge in [0.15, 0.2) is 0 Å². The first kappa shape index (κ1) is 11.6. The van der Waals surface area contributed by atoms with Crippen molar-refractivity contribution in [3.05, 3.63) is 34.1 Å². The van der Waals surface area contributed by atoms with Gasteiger partial charge in [-0.15, -0.1) is 0 Å². The van der Waals surface area contributed by atoms with Gasteiger partial charge >= 0.3 is 0 Å². The monoisotopic (exact) mass is 224 g/mol. The Bertz CT molecular complexity index is 396. The summed E-state index contributed by atoms with van der Waals surface area (Å²) in [7, 11) is 0. The second kappa shape index (κ2) is 4.52. The number of benzene rings is 1. The fourth-order valence-electron chi connectivity index (χ4n) is 2.56. The average molecular weight is 224 g/mol. The van der Waals surface area contributed by atoms with E-state index in [0.29, 0.717) is 12.0 Å². The first-order valence-electron chi connectivity index (χ1n) is 6.07. The van der Waals surface area contributed by atoms with Crippen LogP contribution in [0.5, 0.6) is 0 Å². The molecule has 0 fully saturated rings. The van der Waals surface area contributed by atoms with Crippen LogP contribution in [0.4, 0.5) is 8.78 Å². The first-order chi connectivity index (χ1) is 7.63.